The summed E-state index contributed by atoms with van der Waals surface area (Å²) < 4.78 is 2.05. The van der Waals surface area contributed by atoms with Gasteiger partial charge in [-0.15, -0.1) is 11.3 Å². The number of thiophene rings is 1. The molecule has 0 saturated carbocycles. The van der Waals surface area contributed by atoms with Crippen LogP contribution in [0.15, 0.2) is 44.7 Å². The molecule has 2 rings (SSSR count). The van der Waals surface area contributed by atoms with E-state index in [1.807, 2.05) is 42.6 Å². The van der Waals surface area contributed by atoms with Crippen LogP contribution in [0.4, 0.5) is 0 Å². The van der Waals surface area contributed by atoms with Crippen LogP contribution in [0.25, 0.3) is 0 Å². The van der Waals surface area contributed by atoms with Gasteiger partial charge in [0.25, 0.3) is 0 Å². The van der Waals surface area contributed by atoms with Crippen molar-refractivity contribution >= 4 is 43.2 Å². The molecule has 0 bridgehead atoms. The van der Waals surface area contributed by atoms with Crippen LogP contribution in [0.1, 0.15) is 17.4 Å². The molecule has 17 heavy (non-hydrogen) atoms. The maximum Gasteiger partial charge on any atom is 0.0917 e. The fourth-order valence-electron chi connectivity index (χ4n) is 1.69. The molecule has 1 heterocycles. The summed E-state index contributed by atoms with van der Waals surface area (Å²) in [6.45, 7) is 1.85. The zero-order valence-corrected chi connectivity index (χ0v) is 13.3. The van der Waals surface area contributed by atoms with E-state index in [1.165, 1.54) is 0 Å². The first kappa shape index (κ1) is 13.3. The van der Waals surface area contributed by atoms with E-state index in [0.717, 1.165) is 19.4 Å². The Hall–Kier alpha value is -0.160. The number of hydrogen-bond donors (Lipinski definition) is 1. The van der Waals surface area contributed by atoms with E-state index in [0.29, 0.717) is 6.42 Å². The molecule has 1 aromatic heterocycles. The second-order valence-electron chi connectivity index (χ2n) is 4.15. The predicted octanol–water partition coefficient (Wildman–Crippen LogP) is 4.72. The predicted molar refractivity (Wildman–Crippen MR) is 79.4 cm³/mol. The smallest absolute Gasteiger partial charge is 0.0917 e. The van der Waals surface area contributed by atoms with Gasteiger partial charge in [0.15, 0.2) is 0 Å². The summed E-state index contributed by atoms with van der Waals surface area (Å²) >= 11 is 8.58. The Morgan fingerprint density at radius 3 is 2.65 bits per heavy atom. The summed E-state index contributed by atoms with van der Waals surface area (Å²) in [5.41, 5.74) is 0.0733. The molecule has 0 radical (unpaired) electrons. The van der Waals surface area contributed by atoms with Gasteiger partial charge in [-0.1, -0.05) is 28.1 Å². The van der Waals surface area contributed by atoms with Gasteiger partial charge in [0.05, 0.1) is 5.60 Å². The van der Waals surface area contributed by atoms with Gasteiger partial charge >= 0.3 is 0 Å². The minimum Gasteiger partial charge on any atom is -0.385 e. The Bertz CT molecular complexity index is 520. The zero-order chi connectivity index (χ0) is 12.5. The lowest BCUT2D eigenvalue weighted by molar-refractivity contribution is 0.0583. The van der Waals surface area contributed by atoms with E-state index in [4.69, 9.17) is 0 Å². The lowest BCUT2D eigenvalue weighted by atomic mass is 9.92. The lowest BCUT2D eigenvalue weighted by Crippen LogP contribution is -2.23. The highest BCUT2D eigenvalue weighted by molar-refractivity contribution is 9.10. The van der Waals surface area contributed by atoms with Gasteiger partial charge in [-0.3, -0.25) is 0 Å². The average molecular weight is 376 g/mol. The van der Waals surface area contributed by atoms with Crippen molar-refractivity contribution in [2.75, 3.05) is 0 Å². The Morgan fingerprint density at radius 1 is 1.29 bits per heavy atom. The lowest BCUT2D eigenvalue weighted by Gasteiger charge is -2.23. The van der Waals surface area contributed by atoms with Gasteiger partial charge in [0.2, 0.25) is 0 Å². The van der Waals surface area contributed by atoms with E-state index in [9.17, 15) is 5.11 Å². The maximum absolute atomic E-state index is 10.6. The van der Waals surface area contributed by atoms with Gasteiger partial charge in [-0.25, -0.2) is 0 Å². The van der Waals surface area contributed by atoms with Gasteiger partial charge in [-0.2, -0.15) is 0 Å². The molecule has 0 amide bonds. The number of benzene rings is 1. The molecule has 0 aliphatic heterocycles. The molecule has 0 aliphatic carbocycles. The van der Waals surface area contributed by atoms with Crippen LogP contribution in [0, 0.1) is 0 Å². The van der Waals surface area contributed by atoms with Crippen molar-refractivity contribution in [2.45, 2.75) is 18.9 Å². The Labute approximate surface area is 122 Å². The third-order valence-corrected chi connectivity index (χ3v) is 5.06. The normalized spacial score (nSPS) is 14.6. The molecule has 90 valence electrons. The largest absolute Gasteiger partial charge is 0.385 e. The van der Waals surface area contributed by atoms with Crippen LogP contribution in [-0.4, -0.2) is 5.11 Å². The molecule has 1 N–H and O–H groups in total. The quantitative estimate of drug-likeness (QED) is 0.822. The molecule has 0 spiro atoms. The molecule has 4 heteroatoms. The monoisotopic (exact) mass is 374 g/mol. The Morgan fingerprint density at radius 2 is 2.06 bits per heavy atom. The van der Waals surface area contributed by atoms with Gasteiger partial charge in [0.1, 0.15) is 0 Å². The molecule has 1 aromatic carbocycles. The third-order valence-electron chi connectivity index (χ3n) is 2.64. The highest BCUT2D eigenvalue weighted by atomic mass is 79.9. The highest BCUT2D eigenvalue weighted by Gasteiger charge is 2.25. The first-order valence-corrected chi connectivity index (χ1v) is 7.66. The number of rotatable bonds is 3. The Balaban J connectivity index is 2.27. The molecule has 0 saturated heterocycles. The SMILES string of the molecule is CC(O)(Cc1sccc1Br)c1cccc(Br)c1. The van der Waals surface area contributed by atoms with Crippen molar-refractivity contribution in [2.24, 2.45) is 0 Å². The van der Waals surface area contributed by atoms with Crippen molar-refractivity contribution in [1.29, 1.82) is 0 Å². The van der Waals surface area contributed by atoms with Crippen LogP contribution in [-0.2, 0) is 12.0 Å². The van der Waals surface area contributed by atoms with Crippen molar-refractivity contribution in [3.63, 3.8) is 0 Å². The average Bonchev–Trinajstić information content (AvgIpc) is 2.64. The van der Waals surface area contributed by atoms with E-state index in [2.05, 4.69) is 31.9 Å². The molecule has 0 fully saturated rings. The summed E-state index contributed by atoms with van der Waals surface area (Å²) in [5.74, 6) is 0. The van der Waals surface area contributed by atoms with Crippen LogP contribution in [0.2, 0.25) is 0 Å². The van der Waals surface area contributed by atoms with Crippen molar-refractivity contribution in [3.8, 4) is 0 Å². The molecular weight excluding hydrogens is 364 g/mol. The van der Waals surface area contributed by atoms with Gasteiger partial charge in [-0.05, 0) is 52.0 Å². The van der Waals surface area contributed by atoms with Crippen LogP contribution >= 0.6 is 43.2 Å². The van der Waals surface area contributed by atoms with E-state index in [-0.39, 0.29) is 0 Å². The summed E-state index contributed by atoms with van der Waals surface area (Å²) in [5, 5.41) is 12.6. The number of hydrogen-bond acceptors (Lipinski definition) is 2. The fourth-order valence-corrected chi connectivity index (χ4v) is 3.73. The molecule has 1 atom stereocenters. The van der Waals surface area contributed by atoms with E-state index >= 15 is 0 Å². The molecule has 1 nitrogen and oxygen atoms in total. The van der Waals surface area contributed by atoms with Crippen LogP contribution in [0.5, 0.6) is 0 Å². The van der Waals surface area contributed by atoms with Crippen LogP contribution in [0.3, 0.4) is 0 Å². The highest BCUT2D eigenvalue weighted by Crippen LogP contribution is 2.32. The van der Waals surface area contributed by atoms with Crippen molar-refractivity contribution in [1.82, 2.24) is 0 Å². The van der Waals surface area contributed by atoms with Crippen molar-refractivity contribution < 1.29 is 5.11 Å². The number of halogens is 2. The van der Waals surface area contributed by atoms with Crippen LogP contribution < -0.4 is 0 Å². The standard InChI is InChI=1S/C13H12Br2OS/c1-13(16,8-12-11(15)5-6-17-12)9-3-2-4-10(14)7-9/h2-7,16H,8H2,1H3. The topological polar surface area (TPSA) is 20.2 Å². The minimum absolute atomic E-state index is 0.613. The molecule has 2 aromatic rings. The van der Waals surface area contributed by atoms with E-state index in [1.54, 1.807) is 11.3 Å². The van der Waals surface area contributed by atoms with Gasteiger partial charge < -0.3 is 5.11 Å². The minimum atomic E-state index is -0.850. The Kier molecular flexibility index (Phi) is 4.08. The van der Waals surface area contributed by atoms with Gasteiger partial charge in [0, 0.05) is 20.2 Å². The summed E-state index contributed by atoms with van der Waals surface area (Å²) in [4.78, 5) is 1.16. The summed E-state index contributed by atoms with van der Waals surface area (Å²) in [6, 6.07) is 9.82. The summed E-state index contributed by atoms with van der Waals surface area (Å²) in [7, 11) is 0. The second-order valence-corrected chi connectivity index (χ2v) is 6.92. The molecular formula is C13H12Br2OS. The molecule has 1 unspecified atom stereocenters. The second kappa shape index (κ2) is 5.22. The van der Waals surface area contributed by atoms with Crippen molar-refractivity contribution in [3.05, 3.63) is 55.1 Å². The first-order valence-electron chi connectivity index (χ1n) is 5.19. The summed E-state index contributed by atoms with van der Waals surface area (Å²) in [6.07, 6.45) is 0.613. The molecule has 0 aliphatic rings. The third kappa shape index (κ3) is 3.19. The van der Waals surface area contributed by atoms with E-state index < -0.39 is 5.60 Å². The zero-order valence-electron chi connectivity index (χ0n) is 9.28. The first-order chi connectivity index (χ1) is 7.99. The maximum atomic E-state index is 10.6. The fraction of sp³-hybridized carbons (Fsp3) is 0.231. The number of aliphatic hydroxyl groups is 1.